The molecule has 144 valence electrons. The average Bonchev–Trinajstić information content (AvgIpc) is 2.64. The number of aliphatic hydroxyl groups is 2. The van der Waals surface area contributed by atoms with Gasteiger partial charge in [-0.3, -0.25) is 10.1 Å². The van der Waals surface area contributed by atoms with Crippen LogP contribution < -0.4 is 5.32 Å². The standard InChI is InChI=1S/C17H16F2N2O6/c18-12-7-13(19)14(21(25)26)6-11(12)16(23)15(22)8-20-17(24)27-9-10-4-2-1-3-5-10/h1-7,15-16,22-23H,8-9H2,(H,20,24). The maximum Gasteiger partial charge on any atom is 0.407 e. The summed E-state index contributed by atoms with van der Waals surface area (Å²) in [6.07, 6.45) is -4.54. The van der Waals surface area contributed by atoms with Gasteiger partial charge in [0.2, 0.25) is 5.82 Å². The number of nitro benzene ring substituents is 1. The van der Waals surface area contributed by atoms with Crippen LogP contribution in [0, 0.1) is 21.7 Å². The van der Waals surface area contributed by atoms with E-state index in [-0.39, 0.29) is 12.7 Å². The third-order valence-electron chi connectivity index (χ3n) is 3.61. The number of halogens is 2. The summed E-state index contributed by atoms with van der Waals surface area (Å²) >= 11 is 0. The number of hydrogen-bond acceptors (Lipinski definition) is 6. The van der Waals surface area contributed by atoms with Crippen molar-refractivity contribution in [2.75, 3.05) is 6.54 Å². The highest BCUT2D eigenvalue weighted by Crippen LogP contribution is 2.27. The van der Waals surface area contributed by atoms with Crippen molar-refractivity contribution in [3.63, 3.8) is 0 Å². The first-order valence-electron chi connectivity index (χ1n) is 7.73. The first-order chi connectivity index (χ1) is 12.8. The van der Waals surface area contributed by atoms with Crippen molar-refractivity contribution in [2.45, 2.75) is 18.8 Å². The number of carbonyl (C=O) groups is 1. The molecule has 10 heteroatoms. The third-order valence-corrected chi connectivity index (χ3v) is 3.61. The first kappa shape index (κ1) is 20.2. The van der Waals surface area contributed by atoms with Gasteiger partial charge in [0.25, 0.3) is 0 Å². The van der Waals surface area contributed by atoms with Crippen molar-refractivity contribution in [3.05, 3.63) is 75.3 Å². The fraction of sp³-hybridized carbons (Fsp3) is 0.235. The molecule has 0 bridgehead atoms. The van der Waals surface area contributed by atoms with E-state index in [1.165, 1.54) is 0 Å². The molecule has 0 radical (unpaired) electrons. The van der Waals surface area contributed by atoms with Crippen LogP contribution in [0.5, 0.6) is 0 Å². The predicted octanol–water partition coefficient (Wildman–Crippen LogP) is 2.19. The van der Waals surface area contributed by atoms with E-state index in [0.29, 0.717) is 6.07 Å². The lowest BCUT2D eigenvalue weighted by Gasteiger charge is -2.19. The lowest BCUT2D eigenvalue weighted by atomic mass is 10.0. The highest BCUT2D eigenvalue weighted by Gasteiger charge is 2.27. The number of ether oxygens (including phenoxy) is 1. The number of alkyl carbamates (subject to hydrolysis) is 1. The topological polar surface area (TPSA) is 122 Å². The molecule has 0 aliphatic heterocycles. The van der Waals surface area contributed by atoms with Gasteiger partial charge >= 0.3 is 11.8 Å². The minimum atomic E-state index is -1.93. The number of amides is 1. The summed E-state index contributed by atoms with van der Waals surface area (Å²) in [5.41, 5.74) is -0.989. The van der Waals surface area contributed by atoms with Crippen LogP contribution in [-0.2, 0) is 11.3 Å². The van der Waals surface area contributed by atoms with Gasteiger partial charge in [0.1, 0.15) is 24.6 Å². The zero-order valence-corrected chi connectivity index (χ0v) is 13.8. The Morgan fingerprint density at radius 2 is 1.85 bits per heavy atom. The zero-order valence-electron chi connectivity index (χ0n) is 13.8. The minimum Gasteiger partial charge on any atom is -0.445 e. The molecule has 2 aromatic rings. The molecule has 2 unspecified atom stereocenters. The Balaban J connectivity index is 1.93. The van der Waals surface area contributed by atoms with Crippen LogP contribution in [0.1, 0.15) is 17.2 Å². The molecule has 0 heterocycles. The molecule has 0 saturated carbocycles. The van der Waals surface area contributed by atoms with Gasteiger partial charge in [-0.25, -0.2) is 9.18 Å². The number of aliphatic hydroxyl groups excluding tert-OH is 2. The van der Waals surface area contributed by atoms with Gasteiger partial charge in [-0.2, -0.15) is 4.39 Å². The summed E-state index contributed by atoms with van der Waals surface area (Å²) in [6.45, 7) is -0.552. The molecule has 0 spiro atoms. The number of hydrogen-bond donors (Lipinski definition) is 3. The highest BCUT2D eigenvalue weighted by atomic mass is 19.1. The monoisotopic (exact) mass is 382 g/mol. The fourth-order valence-corrected chi connectivity index (χ4v) is 2.20. The van der Waals surface area contributed by atoms with Gasteiger partial charge in [0.15, 0.2) is 0 Å². The summed E-state index contributed by atoms with van der Waals surface area (Å²) in [7, 11) is 0. The van der Waals surface area contributed by atoms with Gasteiger partial charge < -0.3 is 20.3 Å². The van der Waals surface area contributed by atoms with E-state index in [1.54, 1.807) is 30.3 Å². The van der Waals surface area contributed by atoms with Gasteiger partial charge in [-0.05, 0) is 5.56 Å². The molecule has 2 rings (SSSR count). The largest absolute Gasteiger partial charge is 0.445 e. The molecule has 0 saturated heterocycles. The van der Waals surface area contributed by atoms with E-state index in [2.05, 4.69) is 5.32 Å². The van der Waals surface area contributed by atoms with Crippen LogP contribution in [0.25, 0.3) is 0 Å². The Morgan fingerprint density at radius 3 is 2.48 bits per heavy atom. The lowest BCUT2D eigenvalue weighted by Crippen LogP contribution is -2.36. The summed E-state index contributed by atoms with van der Waals surface area (Å²) < 4.78 is 32.0. The average molecular weight is 382 g/mol. The second-order valence-corrected chi connectivity index (χ2v) is 5.54. The number of benzene rings is 2. The Hall–Kier alpha value is -3.11. The quantitative estimate of drug-likeness (QED) is 0.498. The smallest absolute Gasteiger partial charge is 0.407 e. The lowest BCUT2D eigenvalue weighted by molar-refractivity contribution is -0.387. The first-order valence-corrected chi connectivity index (χ1v) is 7.73. The van der Waals surface area contributed by atoms with Crippen molar-refractivity contribution in [1.82, 2.24) is 5.32 Å². The Labute approximate surface area is 152 Å². The number of nitrogens with zero attached hydrogens (tertiary/aromatic N) is 1. The number of nitrogens with one attached hydrogen (secondary N) is 1. The van der Waals surface area contributed by atoms with E-state index in [0.717, 1.165) is 5.56 Å². The van der Waals surface area contributed by atoms with E-state index in [4.69, 9.17) is 4.74 Å². The molecule has 2 atom stereocenters. The van der Waals surface area contributed by atoms with Gasteiger partial charge in [-0.1, -0.05) is 30.3 Å². The number of carbonyl (C=O) groups excluding carboxylic acids is 1. The Bertz CT molecular complexity index is 819. The summed E-state index contributed by atoms with van der Waals surface area (Å²) in [4.78, 5) is 21.2. The molecule has 3 N–H and O–H groups in total. The minimum absolute atomic E-state index is 0.0237. The van der Waals surface area contributed by atoms with Gasteiger partial charge in [-0.15, -0.1) is 0 Å². The molecule has 0 aliphatic rings. The van der Waals surface area contributed by atoms with Crippen LogP contribution in [0.3, 0.4) is 0 Å². The molecule has 27 heavy (non-hydrogen) atoms. The SMILES string of the molecule is O=C(NCC(O)C(O)c1cc([N+](=O)[O-])c(F)cc1F)OCc1ccccc1. The molecule has 0 fully saturated rings. The fourth-order valence-electron chi connectivity index (χ4n) is 2.20. The second kappa shape index (κ2) is 9.01. The van der Waals surface area contributed by atoms with E-state index < -0.39 is 52.7 Å². The van der Waals surface area contributed by atoms with E-state index in [1.807, 2.05) is 0 Å². The van der Waals surface area contributed by atoms with E-state index >= 15 is 0 Å². The molecule has 2 aromatic carbocycles. The van der Waals surface area contributed by atoms with Gasteiger partial charge in [0, 0.05) is 24.2 Å². The summed E-state index contributed by atoms with van der Waals surface area (Å²) in [6, 6.07) is 9.50. The Kier molecular flexibility index (Phi) is 6.74. The number of nitro groups is 1. The van der Waals surface area contributed by atoms with Crippen molar-refractivity contribution >= 4 is 11.8 Å². The molecular weight excluding hydrogens is 366 g/mol. The number of rotatable bonds is 7. The molecule has 0 aromatic heterocycles. The van der Waals surface area contributed by atoms with Crippen molar-refractivity contribution in [1.29, 1.82) is 0 Å². The summed E-state index contributed by atoms with van der Waals surface area (Å²) in [5, 5.41) is 32.7. The van der Waals surface area contributed by atoms with E-state index in [9.17, 15) is 33.9 Å². The van der Waals surface area contributed by atoms with Crippen LogP contribution in [0.15, 0.2) is 42.5 Å². The maximum absolute atomic E-state index is 13.8. The van der Waals surface area contributed by atoms with Crippen LogP contribution in [0.4, 0.5) is 19.3 Å². The molecule has 8 nitrogen and oxygen atoms in total. The van der Waals surface area contributed by atoms with Crippen LogP contribution in [0.2, 0.25) is 0 Å². The van der Waals surface area contributed by atoms with Crippen LogP contribution >= 0.6 is 0 Å². The van der Waals surface area contributed by atoms with Crippen molar-refractivity contribution < 1.29 is 33.4 Å². The normalized spacial score (nSPS) is 12.9. The second-order valence-electron chi connectivity index (χ2n) is 5.54. The Morgan fingerprint density at radius 1 is 1.19 bits per heavy atom. The predicted molar refractivity (Wildman–Crippen MR) is 88.6 cm³/mol. The summed E-state index contributed by atoms with van der Waals surface area (Å²) in [5.74, 6) is -2.68. The van der Waals surface area contributed by atoms with Gasteiger partial charge in [0.05, 0.1) is 4.92 Å². The van der Waals surface area contributed by atoms with Crippen molar-refractivity contribution in [2.24, 2.45) is 0 Å². The molecule has 1 amide bonds. The zero-order chi connectivity index (χ0) is 20.0. The maximum atomic E-state index is 13.8. The van der Waals surface area contributed by atoms with Crippen molar-refractivity contribution in [3.8, 4) is 0 Å². The third kappa shape index (κ3) is 5.43. The van der Waals surface area contributed by atoms with Crippen LogP contribution in [-0.4, -0.2) is 33.9 Å². The molecular formula is C17H16F2N2O6. The highest BCUT2D eigenvalue weighted by molar-refractivity contribution is 5.67. The molecule has 0 aliphatic carbocycles.